The predicted octanol–water partition coefficient (Wildman–Crippen LogP) is 1.92. The van der Waals surface area contributed by atoms with Gasteiger partial charge in [-0.25, -0.2) is 18.1 Å². The minimum atomic E-state index is -3.61. The van der Waals surface area contributed by atoms with E-state index in [-0.39, 0.29) is 28.8 Å². The van der Waals surface area contributed by atoms with E-state index in [9.17, 15) is 28.2 Å². The number of nitrogens with zero attached hydrogens (tertiary/aromatic N) is 4. The second kappa shape index (κ2) is 11.3. The van der Waals surface area contributed by atoms with Gasteiger partial charge in [-0.2, -0.15) is 5.10 Å². The molecule has 1 amide bonds. The summed E-state index contributed by atoms with van der Waals surface area (Å²) in [4.78, 5) is 31.7. The van der Waals surface area contributed by atoms with Crippen molar-refractivity contribution in [1.29, 1.82) is 0 Å². The fourth-order valence-electron chi connectivity index (χ4n) is 4.61. The number of thiazole rings is 1. The second-order valence-corrected chi connectivity index (χ2v) is 12.6. The Kier molecular flexibility index (Phi) is 8.31. The van der Waals surface area contributed by atoms with Gasteiger partial charge >= 0.3 is 0 Å². The second-order valence-electron chi connectivity index (χ2n) is 9.41. The third-order valence-corrected chi connectivity index (χ3v) is 9.57. The molecule has 11 nitrogen and oxygen atoms in total. The van der Waals surface area contributed by atoms with Gasteiger partial charge in [0, 0.05) is 38.7 Å². The molecule has 0 saturated carbocycles. The number of nitrogens with one attached hydrogen (secondary N) is 1. The lowest BCUT2D eigenvalue weighted by Crippen LogP contribution is -2.47. The number of hydrogen-bond donors (Lipinski definition) is 3. The van der Waals surface area contributed by atoms with E-state index in [1.54, 1.807) is 17.9 Å². The highest BCUT2D eigenvalue weighted by Gasteiger charge is 2.41. The van der Waals surface area contributed by atoms with Crippen LogP contribution in [-0.4, -0.2) is 82.0 Å². The molecule has 1 aliphatic heterocycles. The maximum atomic E-state index is 13.2. The van der Waals surface area contributed by atoms with Crippen LogP contribution in [0.25, 0.3) is 5.69 Å². The standard InChI is InChI=1S/C25H31N5O6S2/c1-15(16-7-9-17(10-8-16)30-13-5-11-27-30)14-19(31)21(32)22(33)23(34)29-12-4-6-18(29)20-24(38(3,35)36)37-25(26-2)28-20/h5,7-11,13,15,18,21-22,32-33H,4,6,12,14H2,1-3H3,(H,26,28)/t15-,18+,21-,22+/m0/s1. The lowest BCUT2D eigenvalue weighted by molar-refractivity contribution is -0.153. The van der Waals surface area contributed by atoms with E-state index in [0.717, 1.165) is 28.8 Å². The maximum Gasteiger partial charge on any atom is 0.255 e. The van der Waals surface area contributed by atoms with Crippen LogP contribution in [0.15, 0.2) is 46.9 Å². The highest BCUT2D eigenvalue weighted by atomic mass is 32.2. The molecule has 3 aromatic rings. The minimum Gasteiger partial charge on any atom is -0.382 e. The van der Waals surface area contributed by atoms with E-state index in [2.05, 4.69) is 15.4 Å². The summed E-state index contributed by atoms with van der Waals surface area (Å²) in [5, 5.41) is 28.6. The molecule has 0 aliphatic carbocycles. The average Bonchev–Trinajstić information content (AvgIpc) is 3.67. The number of Topliss-reactive ketones (excluding diaryl/α,β-unsaturated/α-hetero) is 1. The molecule has 0 unspecified atom stereocenters. The Labute approximate surface area is 225 Å². The SMILES string of the molecule is CNc1nc([C@H]2CCCN2C(=O)[C@H](O)[C@@H](O)C(=O)C[C@H](C)c2ccc(-n3cccn3)cc2)c(S(C)(=O)=O)s1. The molecule has 1 saturated heterocycles. The van der Waals surface area contributed by atoms with Gasteiger partial charge in [-0.15, -0.1) is 0 Å². The number of hydrogen-bond acceptors (Lipinski definition) is 10. The minimum absolute atomic E-state index is 0.0464. The Balaban J connectivity index is 1.44. The first-order valence-corrected chi connectivity index (χ1v) is 14.9. The van der Waals surface area contributed by atoms with Gasteiger partial charge in [0.15, 0.2) is 26.9 Å². The molecule has 3 N–H and O–H groups in total. The predicted molar refractivity (Wildman–Crippen MR) is 142 cm³/mol. The van der Waals surface area contributed by atoms with E-state index < -0.39 is 39.8 Å². The Hall–Kier alpha value is -3.13. The van der Waals surface area contributed by atoms with E-state index in [0.29, 0.717) is 18.0 Å². The molecule has 0 bridgehead atoms. The Morgan fingerprint density at radius 1 is 1.21 bits per heavy atom. The lowest BCUT2D eigenvalue weighted by atomic mass is 9.92. The number of amides is 1. The topological polar surface area (TPSA) is 155 Å². The summed E-state index contributed by atoms with van der Waals surface area (Å²) in [7, 11) is -1.99. The van der Waals surface area contributed by atoms with Crippen LogP contribution in [0, 0.1) is 0 Å². The van der Waals surface area contributed by atoms with Crippen LogP contribution in [0.2, 0.25) is 0 Å². The van der Waals surface area contributed by atoms with Crippen molar-refractivity contribution in [2.45, 2.75) is 54.6 Å². The summed E-state index contributed by atoms with van der Waals surface area (Å²) in [6.07, 6.45) is 1.62. The van der Waals surface area contributed by atoms with Gasteiger partial charge in [0.1, 0.15) is 10.3 Å². The molecule has 0 radical (unpaired) electrons. The van der Waals surface area contributed by atoms with Crippen molar-refractivity contribution in [3.63, 3.8) is 0 Å². The largest absolute Gasteiger partial charge is 0.382 e. The van der Waals surface area contributed by atoms with E-state index >= 15 is 0 Å². The number of carbonyl (C=O) groups excluding carboxylic acids is 2. The molecule has 4 rings (SSSR count). The van der Waals surface area contributed by atoms with Gasteiger partial charge in [0.05, 0.1) is 17.4 Å². The number of aliphatic hydroxyl groups excluding tert-OH is 2. The van der Waals surface area contributed by atoms with Crippen LogP contribution in [0.3, 0.4) is 0 Å². The smallest absolute Gasteiger partial charge is 0.255 e. The van der Waals surface area contributed by atoms with Crippen molar-refractivity contribution in [2.24, 2.45) is 0 Å². The molecule has 3 heterocycles. The van der Waals surface area contributed by atoms with E-state index in [1.165, 1.54) is 4.90 Å². The third kappa shape index (κ3) is 5.80. The zero-order chi connectivity index (χ0) is 27.6. The fourth-order valence-corrected chi connectivity index (χ4v) is 6.73. The number of aromatic nitrogens is 3. The van der Waals surface area contributed by atoms with Gasteiger partial charge in [-0.05, 0) is 42.5 Å². The van der Waals surface area contributed by atoms with Crippen molar-refractivity contribution in [3.05, 3.63) is 54.0 Å². The van der Waals surface area contributed by atoms with Crippen LogP contribution < -0.4 is 5.32 Å². The normalized spacial score (nSPS) is 18.2. The van der Waals surface area contributed by atoms with Crippen LogP contribution >= 0.6 is 11.3 Å². The van der Waals surface area contributed by atoms with Gasteiger partial charge < -0.3 is 20.4 Å². The number of carbonyl (C=O) groups is 2. The molecular formula is C25H31N5O6S2. The molecule has 0 spiro atoms. The lowest BCUT2D eigenvalue weighted by Gasteiger charge is -2.28. The molecule has 1 aliphatic rings. The molecule has 4 atom stereocenters. The van der Waals surface area contributed by atoms with Gasteiger partial charge in [-0.1, -0.05) is 30.4 Å². The molecule has 2 aromatic heterocycles. The van der Waals surface area contributed by atoms with Crippen molar-refractivity contribution < 1.29 is 28.2 Å². The number of aliphatic hydroxyl groups is 2. The van der Waals surface area contributed by atoms with Crippen molar-refractivity contribution in [2.75, 3.05) is 25.2 Å². The van der Waals surface area contributed by atoms with Crippen molar-refractivity contribution in [1.82, 2.24) is 19.7 Å². The monoisotopic (exact) mass is 561 g/mol. The average molecular weight is 562 g/mol. The van der Waals surface area contributed by atoms with Crippen LogP contribution in [0.1, 0.15) is 49.4 Å². The number of likely N-dealkylation sites (tertiary alicyclic amines) is 1. The quantitative estimate of drug-likeness (QED) is 0.337. The molecule has 38 heavy (non-hydrogen) atoms. The number of benzene rings is 1. The van der Waals surface area contributed by atoms with Crippen LogP contribution in [0.4, 0.5) is 5.13 Å². The first kappa shape index (κ1) is 27.9. The summed E-state index contributed by atoms with van der Waals surface area (Å²) >= 11 is 0.972. The summed E-state index contributed by atoms with van der Waals surface area (Å²) in [6, 6.07) is 8.60. The first-order valence-electron chi connectivity index (χ1n) is 12.2. The summed E-state index contributed by atoms with van der Waals surface area (Å²) in [5.74, 6) is -1.76. The summed E-state index contributed by atoms with van der Waals surface area (Å²) in [6.45, 7) is 2.07. The highest BCUT2D eigenvalue weighted by Crippen LogP contribution is 2.39. The first-order chi connectivity index (χ1) is 18.0. The summed E-state index contributed by atoms with van der Waals surface area (Å²) < 4.78 is 26.4. The Bertz CT molecular complexity index is 1390. The number of sulfone groups is 1. The van der Waals surface area contributed by atoms with Gasteiger partial charge in [0.25, 0.3) is 5.91 Å². The van der Waals surface area contributed by atoms with Gasteiger partial charge in [-0.3, -0.25) is 9.59 Å². The molecule has 204 valence electrons. The molecule has 1 aromatic carbocycles. The number of ketones is 1. The highest BCUT2D eigenvalue weighted by molar-refractivity contribution is 7.92. The third-order valence-electron chi connectivity index (χ3n) is 6.64. The summed E-state index contributed by atoms with van der Waals surface area (Å²) in [5.41, 5.74) is 1.95. The van der Waals surface area contributed by atoms with Crippen LogP contribution in [-0.2, 0) is 19.4 Å². The number of anilines is 1. The van der Waals surface area contributed by atoms with Gasteiger partial charge in [0.2, 0.25) is 0 Å². The molecular weight excluding hydrogens is 530 g/mol. The van der Waals surface area contributed by atoms with E-state index in [1.807, 2.05) is 43.5 Å². The van der Waals surface area contributed by atoms with E-state index in [4.69, 9.17) is 0 Å². The molecule has 13 heteroatoms. The zero-order valence-electron chi connectivity index (χ0n) is 21.3. The fraction of sp³-hybridized carbons (Fsp3) is 0.440. The maximum absolute atomic E-state index is 13.2. The van der Waals surface area contributed by atoms with Crippen molar-refractivity contribution in [3.8, 4) is 5.69 Å². The Morgan fingerprint density at radius 2 is 1.92 bits per heavy atom. The number of rotatable bonds is 10. The van der Waals surface area contributed by atoms with Crippen molar-refractivity contribution >= 4 is 38.0 Å². The Morgan fingerprint density at radius 3 is 2.53 bits per heavy atom. The zero-order valence-corrected chi connectivity index (χ0v) is 22.9. The molecule has 1 fully saturated rings. The van der Waals surface area contributed by atoms with Crippen LogP contribution in [0.5, 0.6) is 0 Å².